The van der Waals surface area contributed by atoms with Crippen molar-refractivity contribution in [2.75, 3.05) is 18.7 Å². The molecule has 0 saturated heterocycles. The second-order valence-corrected chi connectivity index (χ2v) is 2.72. The summed E-state index contributed by atoms with van der Waals surface area (Å²) in [6.07, 6.45) is 0. The van der Waals surface area contributed by atoms with E-state index in [9.17, 15) is 4.79 Å². The lowest BCUT2D eigenvalue weighted by Crippen LogP contribution is -2.35. The molecule has 5 heteroatoms. The van der Waals surface area contributed by atoms with Crippen LogP contribution in [0.3, 0.4) is 0 Å². The first-order valence-electron chi connectivity index (χ1n) is 4.01. The average molecular weight is 196 g/mol. The Bertz CT molecular complexity index is 310. The minimum Gasteiger partial charge on any atom is -0.497 e. The molecule has 3 N–H and O–H groups in total. The predicted molar refractivity (Wildman–Crippen MR) is 52.2 cm³/mol. The number of nitrogens with two attached hydrogens (primary N) is 1. The maximum Gasteiger partial charge on any atom is 0.324 e. The molecule has 76 valence electrons. The van der Waals surface area contributed by atoms with E-state index in [4.69, 9.17) is 15.7 Å². The van der Waals surface area contributed by atoms with Crippen LogP contribution in [0.5, 0.6) is 5.75 Å². The molecule has 0 aromatic heterocycles. The molecule has 0 radical (unpaired) electrons. The van der Waals surface area contributed by atoms with Crippen molar-refractivity contribution < 1.29 is 14.6 Å². The molecule has 0 spiro atoms. The number of benzene rings is 1. The number of carbonyl (C=O) groups is 1. The van der Waals surface area contributed by atoms with Crippen LogP contribution in [0, 0.1) is 0 Å². The SMILES string of the molecule is COc1ccc(N(N)CC(=O)O)cc1. The Morgan fingerprint density at radius 2 is 2.07 bits per heavy atom. The van der Waals surface area contributed by atoms with Crippen LogP contribution in [-0.2, 0) is 4.79 Å². The zero-order chi connectivity index (χ0) is 10.6. The Balaban J connectivity index is 2.71. The summed E-state index contributed by atoms with van der Waals surface area (Å²) in [4.78, 5) is 10.4. The molecular formula is C9H12N2O3. The average Bonchev–Trinajstić information content (AvgIpc) is 2.17. The first-order valence-corrected chi connectivity index (χ1v) is 4.01. The monoisotopic (exact) mass is 196 g/mol. The third-order valence-corrected chi connectivity index (χ3v) is 1.71. The van der Waals surface area contributed by atoms with E-state index in [1.165, 1.54) is 0 Å². The van der Waals surface area contributed by atoms with Gasteiger partial charge in [-0.2, -0.15) is 0 Å². The van der Waals surface area contributed by atoms with Crippen molar-refractivity contribution >= 4 is 11.7 Å². The summed E-state index contributed by atoms with van der Waals surface area (Å²) in [5.74, 6) is 5.24. The maximum absolute atomic E-state index is 10.4. The number of nitrogens with zero attached hydrogens (tertiary/aromatic N) is 1. The van der Waals surface area contributed by atoms with Gasteiger partial charge in [0, 0.05) is 0 Å². The van der Waals surface area contributed by atoms with Crippen molar-refractivity contribution in [3.63, 3.8) is 0 Å². The fourth-order valence-electron chi connectivity index (χ4n) is 1.01. The summed E-state index contributed by atoms with van der Waals surface area (Å²) in [5.41, 5.74) is 0.633. The predicted octanol–water partition coefficient (Wildman–Crippen LogP) is 0.460. The topological polar surface area (TPSA) is 75.8 Å². The van der Waals surface area contributed by atoms with Gasteiger partial charge in [-0.3, -0.25) is 9.80 Å². The summed E-state index contributed by atoms with van der Waals surface area (Å²) >= 11 is 0. The molecule has 0 aliphatic heterocycles. The van der Waals surface area contributed by atoms with Crippen molar-refractivity contribution in [3.8, 4) is 5.75 Å². The quantitative estimate of drug-likeness (QED) is 0.540. The first kappa shape index (κ1) is 10.3. The fraction of sp³-hybridized carbons (Fsp3) is 0.222. The Labute approximate surface area is 81.7 Å². The van der Waals surface area contributed by atoms with Crippen LogP contribution in [0.4, 0.5) is 5.69 Å². The Kier molecular flexibility index (Phi) is 3.30. The van der Waals surface area contributed by atoms with E-state index in [1.54, 1.807) is 31.4 Å². The molecule has 1 rings (SSSR count). The lowest BCUT2D eigenvalue weighted by atomic mass is 10.3. The van der Waals surface area contributed by atoms with Crippen LogP contribution in [0.15, 0.2) is 24.3 Å². The van der Waals surface area contributed by atoms with Gasteiger partial charge in [-0.25, -0.2) is 5.84 Å². The lowest BCUT2D eigenvalue weighted by Gasteiger charge is -2.15. The van der Waals surface area contributed by atoms with Gasteiger partial charge in [-0.15, -0.1) is 0 Å². The Hall–Kier alpha value is -1.75. The molecule has 14 heavy (non-hydrogen) atoms. The number of anilines is 1. The van der Waals surface area contributed by atoms with Crippen molar-refractivity contribution in [3.05, 3.63) is 24.3 Å². The third-order valence-electron chi connectivity index (χ3n) is 1.71. The molecule has 0 unspecified atom stereocenters. The number of aliphatic carboxylic acids is 1. The number of carboxylic acids is 1. The molecule has 0 aliphatic carbocycles. The molecule has 0 saturated carbocycles. The standard InChI is InChI=1S/C9H12N2O3/c1-14-8-4-2-7(3-5-8)11(10)6-9(12)13/h2-5H,6,10H2,1H3,(H,12,13). The molecule has 0 heterocycles. The molecule has 1 aromatic rings. The minimum atomic E-state index is -0.969. The van der Waals surface area contributed by atoms with Gasteiger partial charge in [-0.1, -0.05) is 0 Å². The Morgan fingerprint density at radius 3 is 2.50 bits per heavy atom. The van der Waals surface area contributed by atoms with Crippen LogP contribution in [0.25, 0.3) is 0 Å². The summed E-state index contributed by atoms with van der Waals surface area (Å²) in [7, 11) is 1.56. The van der Waals surface area contributed by atoms with Gasteiger partial charge in [0.1, 0.15) is 12.3 Å². The zero-order valence-corrected chi connectivity index (χ0v) is 7.80. The highest BCUT2D eigenvalue weighted by Crippen LogP contribution is 2.16. The van der Waals surface area contributed by atoms with Crippen LogP contribution < -0.4 is 15.6 Å². The molecule has 0 bridgehead atoms. The van der Waals surface area contributed by atoms with E-state index in [1.807, 2.05) is 0 Å². The van der Waals surface area contributed by atoms with Crippen LogP contribution in [-0.4, -0.2) is 24.7 Å². The van der Waals surface area contributed by atoms with Gasteiger partial charge in [0.25, 0.3) is 0 Å². The smallest absolute Gasteiger partial charge is 0.324 e. The molecule has 1 aromatic carbocycles. The van der Waals surface area contributed by atoms with Gasteiger partial charge in [0.05, 0.1) is 12.8 Å². The maximum atomic E-state index is 10.4. The second kappa shape index (κ2) is 4.48. The molecular weight excluding hydrogens is 184 g/mol. The van der Waals surface area contributed by atoms with Crippen molar-refractivity contribution in [2.24, 2.45) is 5.84 Å². The number of hydrogen-bond donors (Lipinski definition) is 2. The van der Waals surface area contributed by atoms with E-state index in [2.05, 4.69) is 0 Å². The summed E-state index contributed by atoms with van der Waals surface area (Å²) in [5, 5.41) is 9.65. The highest BCUT2D eigenvalue weighted by molar-refractivity contribution is 5.73. The largest absolute Gasteiger partial charge is 0.497 e. The number of methoxy groups -OCH3 is 1. The molecule has 0 atom stereocenters. The molecule has 0 aliphatic rings. The summed E-state index contributed by atoms with van der Waals surface area (Å²) in [6.45, 7) is -0.230. The second-order valence-electron chi connectivity index (χ2n) is 2.72. The van der Waals surface area contributed by atoms with Crippen LogP contribution in [0.1, 0.15) is 0 Å². The number of ether oxygens (including phenoxy) is 1. The Morgan fingerprint density at radius 1 is 1.50 bits per heavy atom. The lowest BCUT2D eigenvalue weighted by molar-refractivity contribution is -0.135. The minimum absolute atomic E-state index is 0.230. The van der Waals surface area contributed by atoms with Gasteiger partial charge in [-0.05, 0) is 24.3 Å². The van der Waals surface area contributed by atoms with E-state index in [0.29, 0.717) is 11.4 Å². The number of rotatable bonds is 4. The normalized spacial score (nSPS) is 9.57. The number of carboxylic acid groups (broad SMARTS) is 1. The van der Waals surface area contributed by atoms with Crippen molar-refractivity contribution in [2.45, 2.75) is 0 Å². The van der Waals surface area contributed by atoms with Gasteiger partial charge < -0.3 is 9.84 Å². The highest BCUT2D eigenvalue weighted by atomic mass is 16.5. The van der Waals surface area contributed by atoms with Gasteiger partial charge in [0.15, 0.2) is 0 Å². The summed E-state index contributed by atoms with van der Waals surface area (Å²) < 4.78 is 4.95. The van der Waals surface area contributed by atoms with E-state index < -0.39 is 5.97 Å². The van der Waals surface area contributed by atoms with E-state index in [0.717, 1.165) is 5.01 Å². The summed E-state index contributed by atoms with van der Waals surface area (Å²) in [6, 6.07) is 6.83. The molecule has 0 amide bonds. The van der Waals surface area contributed by atoms with Gasteiger partial charge >= 0.3 is 5.97 Å². The molecule has 0 fully saturated rings. The van der Waals surface area contributed by atoms with Crippen LogP contribution in [0.2, 0.25) is 0 Å². The number of hydrazine groups is 1. The molecule has 5 nitrogen and oxygen atoms in total. The zero-order valence-electron chi connectivity index (χ0n) is 7.80. The van der Waals surface area contributed by atoms with Crippen molar-refractivity contribution in [1.82, 2.24) is 0 Å². The van der Waals surface area contributed by atoms with Gasteiger partial charge in [0.2, 0.25) is 0 Å². The van der Waals surface area contributed by atoms with E-state index in [-0.39, 0.29) is 6.54 Å². The van der Waals surface area contributed by atoms with Crippen LogP contribution >= 0.6 is 0 Å². The van der Waals surface area contributed by atoms with E-state index >= 15 is 0 Å². The fourth-order valence-corrected chi connectivity index (χ4v) is 1.01. The highest BCUT2D eigenvalue weighted by Gasteiger charge is 2.05. The third kappa shape index (κ3) is 2.63. The van der Waals surface area contributed by atoms with Crippen molar-refractivity contribution in [1.29, 1.82) is 0 Å². The first-order chi connectivity index (χ1) is 6.63. The number of hydrogen-bond acceptors (Lipinski definition) is 4.